The van der Waals surface area contributed by atoms with Gasteiger partial charge in [0.05, 0.1) is 10.8 Å². The fourth-order valence-electron chi connectivity index (χ4n) is 3.24. The number of carbonyl (C=O) groups is 1. The van der Waals surface area contributed by atoms with Crippen LogP contribution in [0.1, 0.15) is 19.8 Å². The van der Waals surface area contributed by atoms with Crippen LogP contribution in [-0.2, 0) is 9.53 Å². The van der Waals surface area contributed by atoms with Gasteiger partial charge in [0, 0.05) is 5.92 Å². The first-order chi connectivity index (χ1) is 5.63. The summed E-state index contributed by atoms with van der Waals surface area (Å²) in [5.74, 6) is 0.929. The summed E-state index contributed by atoms with van der Waals surface area (Å²) in [5, 5.41) is 0.0922. The molecule has 0 aromatic heterocycles. The maximum absolute atomic E-state index is 11.5. The van der Waals surface area contributed by atoms with Crippen molar-refractivity contribution in [1.82, 2.24) is 0 Å². The Kier molecular flexibility index (Phi) is 1.09. The van der Waals surface area contributed by atoms with Crippen molar-refractivity contribution in [2.45, 2.75) is 31.2 Å². The third kappa shape index (κ3) is 0.554. The van der Waals surface area contributed by atoms with Crippen LogP contribution in [-0.4, -0.2) is 17.5 Å². The van der Waals surface area contributed by atoms with Crippen LogP contribution in [0.5, 0.6) is 0 Å². The van der Waals surface area contributed by atoms with Gasteiger partial charge >= 0.3 is 5.97 Å². The molecular weight excluding hydrogens is 176 g/mol. The van der Waals surface area contributed by atoms with Gasteiger partial charge < -0.3 is 4.74 Å². The number of alkyl halides is 1. The molecule has 3 aliphatic rings. The van der Waals surface area contributed by atoms with Crippen molar-refractivity contribution in [2.24, 2.45) is 17.3 Å². The highest BCUT2D eigenvalue weighted by Crippen LogP contribution is 2.62. The van der Waals surface area contributed by atoms with E-state index in [2.05, 4.69) is 0 Å². The maximum atomic E-state index is 11.5. The topological polar surface area (TPSA) is 26.3 Å². The quantitative estimate of drug-likeness (QED) is 0.424. The third-order valence-electron chi connectivity index (χ3n) is 3.93. The Labute approximate surface area is 76.2 Å². The summed E-state index contributed by atoms with van der Waals surface area (Å²) in [5.41, 5.74) is -0.180. The molecule has 1 saturated heterocycles. The second-order valence-electron chi connectivity index (χ2n) is 4.54. The zero-order chi connectivity index (χ0) is 8.51. The highest BCUT2D eigenvalue weighted by Gasteiger charge is 2.67. The Morgan fingerprint density at radius 3 is 3.00 bits per heavy atom. The number of rotatable bonds is 0. The lowest BCUT2D eigenvalue weighted by atomic mass is 9.76. The minimum Gasteiger partial charge on any atom is -0.460 e. The Bertz CT molecular complexity index is 265. The molecule has 3 rings (SSSR count). The lowest BCUT2D eigenvalue weighted by Gasteiger charge is -2.25. The number of hydrogen-bond donors (Lipinski definition) is 0. The van der Waals surface area contributed by atoms with Crippen LogP contribution in [0.25, 0.3) is 0 Å². The highest BCUT2D eigenvalue weighted by atomic mass is 35.5. The first kappa shape index (κ1) is 7.19. The lowest BCUT2D eigenvalue weighted by Crippen LogP contribution is -2.33. The summed E-state index contributed by atoms with van der Waals surface area (Å²) in [4.78, 5) is 11.5. The lowest BCUT2D eigenvalue weighted by molar-refractivity contribution is -0.147. The summed E-state index contributed by atoms with van der Waals surface area (Å²) in [6, 6.07) is 0. The van der Waals surface area contributed by atoms with E-state index in [4.69, 9.17) is 16.3 Å². The van der Waals surface area contributed by atoms with Gasteiger partial charge in [-0.1, -0.05) is 0 Å². The van der Waals surface area contributed by atoms with Gasteiger partial charge in [-0.25, -0.2) is 0 Å². The van der Waals surface area contributed by atoms with Gasteiger partial charge in [0.1, 0.15) is 6.10 Å². The molecule has 12 heavy (non-hydrogen) atoms. The molecule has 2 nitrogen and oxygen atoms in total. The number of esters is 1. The molecular formula is C9H11ClO2. The van der Waals surface area contributed by atoms with Crippen LogP contribution in [0.4, 0.5) is 0 Å². The molecule has 0 spiro atoms. The Hall–Kier alpha value is -0.240. The largest absolute Gasteiger partial charge is 0.460 e. The molecule has 5 atom stereocenters. The number of fused-ring (bicyclic) bond motifs is 1. The molecule has 0 amide bonds. The van der Waals surface area contributed by atoms with E-state index in [1.807, 2.05) is 6.92 Å². The van der Waals surface area contributed by atoms with E-state index in [1.165, 1.54) is 0 Å². The van der Waals surface area contributed by atoms with Crippen molar-refractivity contribution in [3.8, 4) is 0 Å². The second kappa shape index (κ2) is 1.82. The van der Waals surface area contributed by atoms with Crippen molar-refractivity contribution in [2.75, 3.05) is 0 Å². The molecule has 1 aliphatic heterocycles. The van der Waals surface area contributed by atoms with Crippen LogP contribution < -0.4 is 0 Å². The molecule has 3 heteroatoms. The van der Waals surface area contributed by atoms with Crippen LogP contribution in [0, 0.1) is 17.3 Å². The van der Waals surface area contributed by atoms with E-state index in [9.17, 15) is 4.79 Å². The van der Waals surface area contributed by atoms with E-state index < -0.39 is 0 Å². The third-order valence-corrected chi connectivity index (χ3v) is 4.54. The average molecular weight is 187 g/mol. The van der Waals surface area contributed by atoms with Gasteiger partial charge in [-0.05, 0) is 25.7 Å². The van der Waals surface area contributed by atoms with Gasteiger partial charge in [0.2, 0.25) is 0 Å². The van der Waals surface area contributed by atoms with Crippen molar-refractivity contribution in [3.63, 3.8) is 0 Å². The molecule has 1 heterocycles. The SMILES string of the molecule is CC12CC3CC1C(OC2=O)C3Cl. The molecule has 0 radical (unpaired) electrons. The predicted molar refractivity (Wildman–Crippen MR) is 43.8 cm³/mol. The smallest absolute Gasteiger partial charge is 0.312 e. The molecule has 0 aromatic carbocycles. The highest BCUT2D eigenvalue weighted by molar-refractivity contribution is 6.22. The summed E-state index contributed by atoms with van der Waals surface area (Å²) in [6.45, 7) is 2.03. The van der Waals surface area contributed by atoms with E-state index in [1.54, 1.807) is 0 Å². The van der Waals surface area contributed by atoms with Gasteiger partial charge in [-0.3, -0.25) is 4.79 Å². The van der Waals surface area contributed by atoms with Crippen LogP contribution in [0.3, 0.4) is 0 Å². The molecule has 0 aromatic rings. The Morgan fingerprint density at radius 2 is 2.42 bits per heavy atom. The fourth-order valence-corrected chi connectivity index (χ4v) is 3.65. The zero-order valence-electron chi connectivity index (χ0n) is 6.92. The summed E-state index contributed by atoms with van der Waals surface area (Å²) < 4.78 is 5.28. The number of hydrogen-bond acceptors (Lipinski definition) is 2. The molecule has 2 bridgehead atoms. The summed E-state index contributed by atoms with van der Waals surface area (Å²) in [7, 11) is 0. The second-order valence-corrected chi connectivity index (χ2v) is 5.04. The maximum Gasteiger partial charge on any atom is 0.312 e. The summed E-state index contributed by atoms with van der Waals surface area (Å²) >= 11 is 6.15. The number of halogens is 1. The van der Waals surface area contributed by atoms with Crippen molar-refractivity contribution < 1.29 is 9.53 Å². The Morgan fingerprint density at radius 1 is 1.67 bits per heavy atom. The van der Waals surface area contributed by atoms with Crippen molar-refractivity contribution in [3.05, 3.63) is 0 Å². The van der Waals surface area contributed by atoms with Crippen LogP contribution >= 0.6 is 11.6 Å². The first-order valence-corrected chi connectivity index (χ1v) is 4.92. The molecule has 0 N–H and O–H groups in total. The Balaban J connectivity index is 2.09. The van der Waals surface area contributed by atoms with E-state index >= 15 is 0 Å². The minimum absolute atomic E-state index is 0.0110. The number of ether oxygens (including phenoxy) is 1. The van der Waals surface area contributed by atoms with Crippen LogP contribution in [0.15, 0.2) is 0 Å². The van der Waals surface area contributed by atoms with Gasteiger partial charge in [0.15, 0.2) is 0 Å². The molecule has 3 fully saturated rings. The first-order valence-electron chi connectivity index (χ1n) is 4.48. The van der Waals surface area contributed by atoms with Gasteiger partial charge in [0.25, 0.3) is 0 Å². The van der Waals surface area contributed by atoms with Gasteiger partial charge in [-0.15, -0.1) is 11.6 Å². The monoisotopic (exact) mass is 186 g/mol. The van der Waals surface area contributed by atoms with E-state index in [-0.39, 0.29) is 22.9 Å². The fraction of sp³-hybridized carbons (Fsp3) is 0.889. The van der Waals surface area contributed by atoms with E-state index in [0.29, 0.717) is 11.8 Å². The molecule has 2 aliphatic carbocycles. The standard InChI is InChI=1S/C9H11ClO2/c1-9-3-4-2-5(9)7(6(4)10)12-8(9)11/h4-7H,2-3H2,1H3. The van der Waals surface area contributed by atoms with Crippen molar-refractivity contribution in [1.29, 1.82) is 0 Å². The van der Waals surface area contributed by atoms with Crippen LogP contribution in [0.2, 0.25) is 0 Å². The molecule has 66 valence electrons. The number of carbonyl (C=O) groups excluding carboxylic acids is 1. The van der Waals surface area contributed by atoms with Gasteiger partial charge in [-0.2, -0.15) is 0 Å². The average Bonchev–Trinajstić information content (AvgIpc) is 2.53. The predicted octanol–water partition coefficient (Wildman–Crippen LogP) is 1.57. The minimum atomic E-state index is -0.180. The van der Waals surface area contributed by atoms with Crippen molar-refractivity contribution >= 4 is 17.6 Å². The summed E-state index contributed by atoms with van der Waals surface area (Å²) in [6.07, 6.45) is 2.07. The molecule has 5 unspecified atom stereocenters. The molecule has 2 saturated carbocycles. The van der Waals surface area contributed by atoms with E-state index in [0.717, 1.165) is 12.8 Å². The zero-order valence-corrected chi connectivity index (χ0v) is 7.67. The normalized spacial score (nSPS) is 61.0.